The largest absolute Gasteiger partial charge is 0.372 e. The van der Waals surface area contributed by atoms with E-state index in [1.54, 1.807) is 7.11 Å². The molecule has 2 aliphatic heterocycles. The van der Waals surface area contributed by atoms with Gasteiger partial charge in [-0.3, -0.25) is 4.79 Å². The van der Waals surface area contributed by atoms with Gasteiger partial charge in [0.25, 0.3) is 5.91 Å². The summed E-state index contributed by atoms with van der Waals surface area (Å²) in [6, 6.07) is 1.64. The lowest BCUT2D eigenvalue weighted by Gasteiger charge is -2.36. The Morgan fingerprint density at radius 2 is 1.88 bits per heavy atom. The second-order valence-corrected chi connectivity index (χ2v) is 5.09. The van der Waals surface area contributed by atoms with Crippen LogP contribution in [0.4, 0.5) is 0 Å². The fraction of sp³-hybridized carbons (Fsp3) is 0.917. The van der Waals surface area contributed by atoms with Gasteiger partial charge in [-0.2, -0.15) is 0 Å². The Balaban J connectivity index is 0.00000144. The van der Waals surface area contributed by atoms with Gasteiger partial charge in [0, 0.05) is 32.3 Å². The fourth-order valence-corrected chi connectivity index (χ4v) is 2.91. The van der Waals surface area contributed by atoms with Crippen molar-refractivity contribution in [2.75, 3.05) is 14.2 Å². The molecule has 0 radical (unpaired) electrons. The summed E-state index contributed by atoms with van der Waals surface area (Å²) in [5.41, 5.74) is 0. The first kappa shape index (κ1) is 14.7. The smallest absolute Gasteiger partial charge is 0.251 e. The Kier molecular flexibility index (Phi) is 5.22. The first-order chi connectivity index (χ1) is 7.61. The van der Waals surface area contributed by atoms with Crippen molar-refractivity contribution in [3.63, 3.8) is 0 Å². The molecule has 5 heteroatoms. The Hall–Kier alpha value is -0.320. The zero-order valence-corrected chi connectivity index (χ0v) is 11.6. The Morgan fingerprint density at radius 1 is 1.35 bits per heavy atom. The number of methoxy groups -OCH3 is 1. The maximum atomic E-state index is 12.0. The van der Waals surface area contributed by atoms with Gasteiger partial charge in [0.15, 0.2) is 0 Å². The first-order valence-electron chi connectivity index (χ1n) is 6.17. The highest BCUT2D eigenvalue weighted by atomic mass is 35.5. The SMILES string of the molecule is COC(C)C(=O)N(C)C1CC2CCC(C1)N2.Cl. The minimum Gasteiger partial charge on any atom is -0.372 e. The number of likely N-dealkylation sites (N-methyl/N-ethyl adjacent to an activating group) is 1. The van der Waals surface area contributed by atoms with Crippen LogP contribution < -0.4 is 5.32 Å². The summed E-state index contributed by atoms with van der Waals surface area (Å²) in [6.07, 6.45) is 4.40. The van der Waals surface area contributed by atoms with Gasteiger partial charge in [-0.1, -0.05) is 0 Å². The topological polar surface area (TPSA) is 41.6 Å². The van der Waals surface area contributed by atoms with E-state index in [4.69, 9.17) is 4.74 Å². The highest BCUT2D eigenvalue weighted by Crippen LogP contribution is 2.29. The summed E-state index contributed by atoms with van der Waals surface area (Å²) in [4.78, 5) is 13.9. The van der Waals surface area contributed by atoms with Gasteiger partial charge in [-0.05, 0) is 32.6 Å². The molecule has 1 N–H and O–H groups in total. The molecule has 0 aromatic carbocycles. The Labute approximate surface area is 109 Å². The number of carbonyl (C=O) groups excluding carboxylic acids is 1. The third kappa shape index (κ3) is 3.12. The molecule has 0 aliphatic carbocycles. The Bertz CT molecular complexity index is 263. The molecule has 0 aromatic heterocycles. The summed E-state index contributed by atoms with van der Waals surface area (Å²) < 4.78 is 5.09. The van der Waals surface area contributed by atoms with E-state index in [1.165, 1.54) is 12.8 Å². The molecule has 2 bridgehead atoms. The van der Waals surface area contributed by atoms with Gasteiger partial charge in [0.1, 0.15) is 6.10 Å². The van der Waals surface area contributed by atoms with E-state index < -0.39 is 0 Å². The van der Waals surface area contributed by atoms with E-state index in [2.05, 4.69) is 5.32 Å². The van der Waals surface area contributed by atoms with Crippen LogP contribution in [-0.2, 0) is 9.53 Å². The number of amides is 1. The predicted molar refractivity (Wildman–Crippen MR) is 69.5 cm³/mol. The molecule has 1 amide bonds. The van der Waals surface area contributed by atoms with Gasteiger partial charge < -0.3 is 15.0 Å². The maximum Gasteiger partial charge on any atom is 0.251 e. The second kappa shape index (κ2) is 6.03. The third-order valence-corrected chi connectivity index (χ3v) is 4.04. The summed E-state index contributed by atoms with van der Waals surface area (Å²) in [7, 11) is 3.50. The predicted octanol–water partition coefficient (Wildman–Crippen LogP) is 1.18. The van der Waals surface area contributed by atoms with Crippen LogP contribution >= 0.6 is 12.4 Å². The summed E-state index contributed by atoms with van der Waals surface area (Å²) >= 11 is 0. The van der Waals surface area contributed by atoms with Crippen LogP contribution in [0.5, 0.6) is 0 Å². The van der Waals surface area contributed by atoms with Gasteiger partial charge in [-0.15, -0.1) is 12.4 Å². The van der Waals surface area contributed by atoms with Crippen molar-refractivity contribution in [1.82, 2.24) is 10.2 Å². The second-order valence-electron chi connectivity index (χ2n) is 5.09. The standard InChI is InChI=1S/C12H22N2O2.ClH/c1-8(16-3)12(15)14(2)11-6-9-4-5-10(7-11)13-9;/h8-11,13H,4-7H2,1-3H3;1H. The molecule has 2 heterocycles. The number of halogens is 1. The van der Waals surface area contributed by atoms with E-state index in [0.29, 0.717) is 18.1 Å². The van der Waals surface area contributed by atoms with Crippen LogP contribution in [-0.4, -0.2) is 49.2 Å². The highest BCUT2D eigenvalue weighted by molar-refractivity contribution is 5.85. The average Bonchev–Trinajstić information content (AvgIpc) is 2.65. The lowest BCUT2D eigenvalue weighted by atomic mass is 9.98. The zero-order valence-electron chi connectivity index (χ0n) is 10.8. The van der Waals surface area contributed by atoms with Gasteiger partial charge in [0.05, 0.1) is 0 Å². The van der Waals surface area contributed by atoms with Crippen molar-refractivity contribution in [2.24, 2.45) is 0 Å². The molecule has 2 fully saturated rings. The molecule has 2 saturated heterocycles. The quantitative estimate of drug-likeness (QED) is 0.831. The molecule has 4 nitrogen and oxygen atoms in total. The molecule has 2 rings (SSSR count). The molecular weight excluding hydrogens is 240 g/mol. The number of rotatable bonds is 3. The third-order valence-electron chi connectivity index (χ3n) is 4.04. The maximum absolute atomic E-state index is 12.0. The minimum absolute atomic E-state index is 0. The van der Waals surface area contributed by atoms with Crippen LogP contribution in [0, 0.1) is 0 Å². The van der Waals surface area contributed by atoms with Crippen LogP contribution in [0.3, 0.4) is 0 Å². The van der Waals surface area contributed by atoms with Crippen LogP contribution in [0.2, 0.25) is 0 Å². The van der Waals surface area contributed by atoms with Crippen LogP contribution in [0.1, 0.15) is 32.6 Å². The molecule has 3 atom stereocenters. The van der Waals surface area contributed by atoms with E-state index in [0.717, 1.165) is 12.8 Å². The molecule has 17 heavy (non-hydrogen) atoms. The number of hydrogen-bond donors (Lipinski definition) is 1. The molecule has 0 aromatic rings. The zero-order chi connectivity index (χ0) is 11.7. The van der Waals surface area contributed by atoms with E-state index in [9.17, 15) is 4.79 Å². The summed E-state index contributed by atoms with van der Waals surface area (Å²) in [6.45, 7) is 1.81. The number of hydrogen-bond acceptors (Lipinski definition) is 3. The highest BCUT2D eigenvalue weighted by Gasteiger charge is 2.37. The lowest BCUT2D eigenvalue weighted by molar-refractivity contribution is -0.142. The Morgan fingerprint density at radius 3 is 2.35 bits per heavy atom. The van der Waals surface area contributed by atoms with Crippen molar-refractivity contribution < 1.29 is 9.53 Å². The first-order valence-corrected chi connectivity index (χ1v) is 6.17. The average molecular weight is 263 g/mol. The normalized spacial score (nSPS) is 32.8. The van der Waals surface area contributed by atoms with Crippen molar-refractivity contribution in [1.29, 1.82) is 0 Å². The monoisotopic (exact) mass is 262 g/mol. The van der Waals surface area contributed by atoms with E-state index in [1.807, 2.05) is 18.9 Å². The van der Waals surface area contributed by atoms with Crippen LogP contribution in [0.25, 0.3) is 0 Å². The molecular formula is C12H23ClN2O2. The van der Waals surface area contributed by atoms with Gasteiger partial charge >= 0.3 is 0 Å². The van der Waals surface area contributed by atoms with Crippen molar-refractivity contribution >= 4 is 18.3 Å². The molecule has 100 valence electrons. The minimum atomic E-state index is -0.322. The van der Waals surface area contributed by atoms with E-state index in [-0.39, 0.29) is 24.4 Å². The lowest BCUT2D eigenvalue weighted by Crippen LogP contribution is -2.50. The number of nitrogens with one attached hydrogen (secondary N) is 1. The number of ether oxygens (including phenoxy) is 1. The van der Waals surface area contributed by atoms with E-state index >= 15 is 0 Å². The number of nitrogens with zero attached hydrogens (tertiary/aromatic N) is 1. The molecule has 0 saturated carbocycles. The molecule has 2 aliphatic rings. The summed E-state index contributed by atoms with van der Waals surface area (Å²) in [5, 5.41) is 3.59. The van der Waals surface area contributed by atoms with Crippen molar-refractivity contribution in [3.8, 4) is 0 Å². The van der Waals surface area contributed by atoms with Gasteiger partial charge in [-0.25, -0.2) is 0 Å². The number of piperidine rings is 1. The number of carbonyl (C=O) groups is 1. The fourth-order valence-electron chi connectivity index (χ4n) is 2.91. The molecule has 0 spiro atoms. The summed E-state index contributed by atoms with van der Waals surface area (Å²) in [5.74, 6) is 0.105. The van der Waals surface area contributed by atoms with Gasteiger partial charge in [0.2, 0.25) is 0 Å². The number of fused-ring (bicyclic) bond motifs is 2. The van der Waals surface area contributed by atoms with Crippen LogP contribution in [0.15, 0.2) is 0 Å². The van der Waals surface area contributed by atoms with Crippen molar-refractivity contribution in [3.05, 3.63) is 0 Å². The molecule has 3 unspecified atom stereocenters. The van der Waals surface area contributed by atoms with Crippen molar-refractivity contribution in [2.45, 2.75) is 56.8 Å².